The first-order chi connectivity index (χ1) is 7.17. The van der Waals surface area contributed by atoms with Crippen LogP contribution in [0.5, 0.6) is 0 Å². The first kappa shape index (κ1) is 10.8. The molecule has 0 aliphatic heterocycles. The molecule has 84 valence electrons. The fourth-order valence-corrected chi connectivity index (χ4v) is 2.75. The summed E-state index contributed by atoms with van der Waals surface area (Å²) in [5.74, 6) is 0.843. The van der Waals surface area contributed by atoms with Gasteiger partial charge in [0.25, 0.3) is 0 Å². The van der Waals surface area contributed by atoms with Crippen LogP contribution in [0.2, 0.25) is 0 Å². The first-order valence-electron chi connectivity index (χ1n) is 5.36. The summed E-state index contributed by atoms with van der Waals surface area (Å²) in [7, 11) is 1.73. The molecule has 1 aliphatic carbocycles. The maximum atomic E-state index is 11.7. The molecule has 1 saturated carbocycles. The molecular formula is C10H17N3OS. The average molecular weight is 227 g/mol. The van der Waals surface area contributed by atoms with Crippen LogP contribution in [-0.4, -0.2) is 20.1 Å². The number of nitrogens with zero attached hydrogens (tertiary/aromatic N) is 3. The van der Waals surface area contributed by atoms with E-state index in [1.54, 1.807) is 18.1 Å². The van der Waals surface area contributed by atoms with Crippen LogP contribution in [0.15, 0.2) is 11.1 Å². The summed E-state index contributed by atoms with van der Waals surface area (Å²) in [4.78, 5) is 11.7. The molecule has 0 amide bonds. The average Bonchev–Trinajstić information content (AvgIpc) is 2.82. The molecule has 0 N–H and O–H groups in total. The van der Waals surface area contributed by atoms with Crippen LogP contribution < -0.4 is 5.69 Å². The zero-order valence-corrected chi connectivity index (χ0v) is 9.91. The third-order valence-corrected chi connectivity index (χ3v) is 4.04. The fraction of sp³-hybridized carbons (Fsp3) is 0.800. The number of aryl methyl sites for hydroxylation is 1. The van der Waals surface area contributed by atoms with E-state index in [0.717, 1.165) is 12.3 Å². The Kier molecular flexibility index (Phi) is 2.91. The Balaban J connectivity index is 2.20. The minimum absolute atomic E-state index is 0.0249. The van der Waals surface area contributed by atoms with E-state index in [4.69, 9.17) is 0 Å². The molecule has 0 saturated heterocycles. The fourth-order valence-electron chi connectivity index (χ4n) is 2.34. The van der Waals surface area contributed by atoms with E-state index in [9.17, 15) is 4.79 Å². The van der Waals surface area contributed by atoms with E-state index in [-0.39, 0.29) is 11.1 Å². The van der Waals surface area contributed by atoms with Gasteiger partial charge in [0.05, 0.1) is 6.54 Å². The third-order valence-electron chi connectivity index (χ3n) is 3.37. The van der Waals surface area contributed by atoms with Crippen molar-refractivity contribution >= 4 is 12.6 Å². The Labute approximate surface area is 94.7 Å². The molecule has 0 bridgehead atoms. The molecule has 15 heavy (non-hydrogen) atoms. The lowest BCUT2D eigenvalue weighted by Crippen LogP contribution is -2.33. The highest BCUT2D eigenvalue weighted by atomic mass is 32.1. The number of thiol groups is 1. The highest BCUT2D eigenvalue weighted by Crippen LogP contribution is 2.39. The van der Waals surface area contributed by atoms with Gasteiger partial charge in [-0.3, -0.25) is 4.57 Å². The second-order valence-electron chi connectivity index (χ2n) is 4.55. The van der Waals surface area contributed by atoms with Crippen molar-refractivity contribution in [2.24, 2.45) is 12.5 Å². The van der Waals surface area contributed by atoms with Crippen LogP contribution >= 0.6 is 12.6 Å². The smallest absolute Gasteiger partial charge is 0.285 e. The number of rotatable bonds is 3. The SMILES string of the molecule is Cn1cnn(CC2(CS)CCCC2)c1=O. The summed E-state index contributed by atoms with van der Waals surface area (Å²) in [6, 6.07) is 0. The lowest BCUT2D eigenvalue weighted by molar-refractivity contribution is 0.271. The van der Waals surface area contributed by atoms with Gasteiger partial charge in [0.1, 0.15) is 6.33 Å². The molecule has 5 heteroatoms. The molecule has 1 aromatic heterocycles. The van der Waals surface area contributed by atoms with Crippen molar-refractivity contribution in [1.29, 1.82) is 0 Å². The molecule has 1 fully saturated rings. The van der Waals surface area contributed by atoms with Gasteiger partial charge in [0, 0.05) is 7.05 Å². The van der Waals surface area contributed by atoms with E-state index in [2.05, 4.69) is 17.7 Å². The summed E-state index contributed by atoms with van der Waals surface area (Å²) in [6.45, 7) is 0.718. The molecule has 1 aromatic rings. The lowest BCUT2D eigenvalue weighted by atomic mass is 9.89. The van der Waals surface area contributed by atoms with Gasteiger partial charge in [0.15, 0.2) is 0 Å². The quantitative estimate of drug-likeness (QED) is 0.785. The predicted molar refractivity (Wildman–Crippen MR) is 62.2 cm³/mol. The normalized spacial score (nSPS) is 19.6. The van der Waals surface area contributed by atoms with Crippen LogP contribution in [0.4, 0.5) is 0 Å². The van der Waals surface area contributed by atoms with Crippen LogP contribution in [-0.2, 0) is 13.6 Å². The second kappa shape index (κ2) is 4.04. The Bertz CT molecular complexity index is 390. The highest BCUT2D eigenvalue weighted by Gasteiger charge is 2.33. The Hall–Kier alpha value is -0.710. The Morgan fingerprint density at radius 3 is 2.67 bits per heavy atom. The maximum Gasteiger partial charge on any atom is 0.345 e. The molecule has 0 spiro atoms. The van der Waals surface area contributed by atoms with Crippen LogP contribution in [0, 0.1) is 5.41 Å². The van der Waals surface area contributed by atoms with E-state index in [1.807, 2.05) is 0 Å². The van der Waals surface area contributed by atoms with Crippen LogP contribution in [0.1, 0.15) is 25.7 Å². The van der Waals surface area contributed by atoms with Gasteiger partial charge in [-0.2, -0.15) is 17.7 Å². The van der Waals surface area contributed by atoms with E-state index in [0.29, 0.717) is 0 Å². The number of hydrogen-bond donors (Lipinski definition) is 1. The monoisotopic (exact) mass is 227 g/mol. The topological polar surface area (TPSA) is 39.8 Å². The van der Waals surface area contributed by atoms with Crippen molar-refractivity contribution in [3.8, 4) is 0 Å². The first-order valence-corrected chi connectivity index (χ1v) is 5.99. The van der Waals surface area contributed by atoms with Gasteiger partial charge in [-0.15, -0.1) is 0 Å². The Morgan fingerprint density at radius 1 is 1.53 bits per heavy atom. The highest BCUT2D eigenvalue weighted by molar-refractivity contribution is 7.80. The van der Waals surface area contributed by atoms with Gasteiger partial charge in [0.2, 0.25) is 0 Å². The zero-order chi connectivity index (χ0) is 10.9. The molecule has 2 rings (SSSR count). The molecule has 1 heterocycles. The van der Waals surface area contributed by atoms with Crippen LogP contribution in [0.3, 0.4) is 0 Å². The Morgan fingerprint density at radius 2 is 2.20 bits per heavy atom. The molecule has 1 aliphatic rings. The van der Waals surface area contributed by atoms with Crippen molar-refractivity contribution in [2.45, 2.75) is 32.2 Å². The van der Waals surface area contributed by atoms with E-state index in [1.165, 1.54) is 30.3 Å². The summed E-state index contributed by atoms with van der Waals surface area (Å²) in [5.41, 5.74) is 0.171. The minimum atomic E-state index is -0.0249. The van der Waals surface area contributed by atoms with Gasteiger partial charge in [-0.05, 0) is 24.0 Å². The van der Waals surface area contributed by atoms with Crippen molar-refractivity contribution in [3.05, 3.63) is 16.8 Å². The number of hydrogen-bond acceptors (Lipinski definition) is 3. The molecule has 0 atom stereocenters. The molecule has 4 nitrogen and oxygen atoms in total. The second-order valence-corrected chi connectivity index (χ2v) is 4.86. The van der Waals surface area contributed by atoms with Crippen molar-refractivity contribution in [3.63, 3.8) is 0 Å². The summed E-state index contributed by atoms with van der Waals surface area (Å²) < 4.78 is 3.09. The maximum absolute atomic E-state index is 11.7. The van der Waals surface area contributed by atoms with Crippen molar-refractivity contribution in [2.75, 3.05) is 5.75 Å². The summed E-state index contributed by atoms with van der Waals surface area (Å²) in [5, 5.41) is 4.10. The molecular weight excluding hydrogens is 210 g/mol. The standard InChI is InChI=1S/C10H17N3OS/c1-12-8-11-13(9(12)14)6-10(7-15)4-2-3-5-10/h8,15H,2-7H2,1H3. The predicted octanol–water partition coefficient (Wildman–Crippen LogP) is 1.07. The van der Waals surface area contributed by atoms with Gasteiger partial charge < -0.3 is 0 Å². The number of aromatic nitrogens is 3. The molecule has 0 aromatic carbocycles. The largest absolute Gasteiger partial charge is 0.345 e. The third kappa shape index (κ3) is 1.97. The van der Waals surface area contributed by atoms with Crippen molar-refractivity contribution < 1.29 is 0 Å². The zero-order valence-electron chi connectivity index (χ0n) is 9.02. The molecule has 0 radical (unpaired) electrons. The minimum Gasteiger partial charge on any atom is -0.285 e. The summed E-state index contributed by atoms with van der Waals surface area (Å²) >= 11 is 4.42. The molecule has 0 unspecified atom stereocenters. The van der Waals surface area contributed by atoms with Gasteiger partial charge in [-0.1, -0.05) is 12.8 Å². The lowest BCUT2D eigenvalue weighted by Gasteiger charge is -2.25. The van der Waals surface area contributed by atoms with E-state index >= 15 is 0 Å². The van der Waals surface area contributed by atoms with Crippen LogP contribution in [0.25, 0.3) is 0 Å². The van der Waals surface area contributed by atoms with E-state index < -0.39 is 0 Å². The summed E-state index contributed by atoms with van der Waals surface area (Å²) in [6.07, 6.45) is 6.41. The van der Waals surface area contributed by atoms with Gasteiger partial charge in [-0.25, -0.2) is 9.48 Å². The van der Waals surface area contributed by atoms with Gasteiger partial charge >= 0.3 is 5.69 Å². The van der Waals surface area contributed by atoms with Crippen molar-refractivity contribution in [1.82, 2.24) is 14.3 Å².